The van der Waals surface area contributed by atoms with E-state index in [1.54, 1.807) is 29.2 Å². The lowest BCUT2D eigenvalue weighted by Gasteiger charge is -2.33. The van der Waals surface area contributed by atoms with Gasteiger partial charge in [0, 0.05) is 53.8 Å². The maximum Gasteiger partial charge on any atom is 0.228 e. The Hall–Kier alpha value is -2.90. The van der Waals surface area contributed by atoms with Gasteiger partial charge in [0.05, 0.1) is 5.92 Å². The molecule has 0 radical (unpaired) electrons. The standard InChI is InChI=1S/C25H24Cl2N4O3/c26-19-6-4-17(5-7-19)24-28-22(34-29-24)12-16-8-10-30(11-9-16)25(33)18-13-23(32)31(15-18)21-3-1-2-20(27)14-21/h1-7,14,16,18H,8-13,15H2/t18-/m1/s1. The quantitative estimate of drug-likeness (QED) is 0.500. The first-order valence-corrected chi connectivity index (χ1v) is 12.1. The van der Waals surface area contributed by atoms with Gasteiger partial charge < -0.3 is 14.3 Å². The number of piperidine rings is 1. The Morgan fingerprint density at radius 2 is 1.82 bits per heavy atom. The van der Waals surface area contributed by atoms with E-state index in [1.165, 1.54) is 0 Å². The van der Waals surface area contributed by atoms with Gasteiger partial charge in [0.2, 0.25) is 23.5 Å². The maximum absolute atomic E-state index is 13.1. The summed E-state index contributed by atoms with van der Waals surface area (Å²) in [5, 5.41) is 5.32. The van der Waals surface area contributed by atoms with Crippen molar-refractivity contribution in [2.24, 2.45) is 11.8 Å². The summed E-state index contributed by atoms with van der Waals surface area (Å²) in [6.07, 6.45) is 2.65. The number of anilines is 1. The van der Waals surface area contributed by atoms with Crippen LogP contribution in [0.1, 0.15) is 25.2 Å². The Labute approximate surface area is 207 Å². The summed E-state index contributed by atoms with van der Waals surface area (Å²) in [6.45, 7) is 1.74. The average molecular weight is 499 g/mol. The van der Waals surface area contributed by atoms with Crippen molar-refractivity contribution in [2.75, 3.05) is 24.5 Å². The highest BCUT2D eigenvalue weighted by Gasteiger charge is 2.38. The molecule has 7 nitrogen and oxygen atoms in total. The van der Waals surface area contributed by atoms with E-state index in [4.69, 9.17) is 27.7 Å². The first-order valence-electron chi connectivity index (χ1n) is 11.4. The van der Waals surface area contributed by atoms with E-state index in [0.717, 1.165) is 24.1 Å². The van der Waals surface area contributed by atoms with Crippen LogP contribution in [0.2, 0.25) is 10.0 Å². The SMILES string of the molecule is O=C([C@@H]1CC(=O)N(c2cccc(Cl)c2)C1)N1CCC(Cc2nc(-c3ccc(Cl)cc3)no2)CC1. The van der Waals surface area contributed by atoms with Crippen LogP contribution in [-0.2, 0) is 16.0 Å². The molecule has 2 aliphatic heterocycles. The lowest BCUT2D eigenvalue weighted by Crippen LogP contribution is -2.42. The number of benzene rings is 2. The first-order chi connectivity index (χ1) is 16.5. The van der Waals surface area contributed by atoms with Crippen molar-refractivity contribution < 1.29 is 14.1 Å². The van der Waals surface area contributed by atoms with E-state index >= 15 is 0 Å². The summed E-state index contributed by atoms with van der Waals surface area (Å²) in [4.78, 5) is 33.7. The smallest absolute Gasteiger partial charge is 0.228 e. The third kappa shape index (κ3) is 4.95. The Kier molecular flexibility index (Phi) is 6.57. The summed E-state index contributed by atoms with van der Waals surface area (Å²) in [7, 11) is 0. The Balaban J connectivity index is 1.14. The highest BCUT2D eigenvalue weighted by molar-refractivity contribution is 6.31. The second-order valence-corrected chi connectivity index (χ2v) is 9.75. The van der Waals surface area contributed by atoms with Crippen LogP contribution in [0, 0.1) is 11.8 Å². The van der Waals surface area contributed by atoms with Crippen molar-refractivity contribution in [1.82, 2.24) is 15.0 Å². The molecule has 176 valence electrons. The van der Waals surface area contributed by atoms with E-state index in [1.807, 2.05) is 29.2 Å². The van der Waals surface area contributed by atoms with Crippen LogP contribution in [0.5, 0.6) is 0 Å². The van der Waals surface area contributed by atoms with E-state index in [-0.39, 0.29) is 24.2 Å². The molecule has 9 heteroatoms. The molecule has 0 unspecified atom stereocenters. The lowest BCUT2D eigenvalue weighted by atomic mass is 9.92. The number of carbonyl (C=O) groups is 2. The largest absolute Gasteiger partial charge is 0.342 e. The fourth-order valence-electron chi connectivity index (χ4n) is 4.68. The molecule has 0 aliphatic carbocycles. The van der Waals surface area contributed by atoms with Gasteiger partial charge in [-0.3, -0.25) is 9.59 Å². The molecule has 2 amide bonds. The molecule has 3 heterocycles. The summed E-state index contributed by atoms with van der Waals surface area (Å²) in [6, 6.07) is 14.5. The van der Waals surface area contributed by atoms with Crippen molar-refractivity contribution in [3.8, 4) is 11.4 Å². The number of rotatable bonds is 5. The molecule has 2 aromatic carbocycles. The molecule has 2 fully saturated rings. The van der Waals surface area contributed by atoms with Gasteiger partial charge in [-0.25, -0.2) is 0 Å². The molecule has 0 bridgehead atoms. The van der Waals surface area contributed by atoms with E-state index in [2.05, 4.69) is 10.1 Å². The highest BCUT2D eigenvalue weighted by Crippen LogP contribution is 2.30. The molecule has 3 aromatic rings. The number of likely N-dealkylation sites (tertiary alicyclic amines) is 1. The van der Waals surface area contributed by atoms with E-state index in [9.17, 15) is 9.59 Å². The molecule has 2 aliphatic rings. The van der Waals surface area contributed by atoms with Gasteiger partial charge in [-0.2, -0.15) is 4.98 Å². The van der Waals surface area contributed by atoms with Gasteiger partial charge in [0.25, 0.3) is 0 Å². The topological polar surface area (TPSA) is 79.5 Å². The second kappa shape index (κ2) is 9.76. The van der Waals surface area contributed by atoms with Crippen LogP contribution in [-0.4, -0.2) is 46.5 Å². The van der Waals surface area contributed by atoms with Gasteiger partial charge in [0.15, 0.2) is 0 Å². The van der Waals surface area contributed by atoms with E-state index < -0.39 is 0 Å². The minimum Gasteiger partial charge on any atom is -0.342 e. The molecular weight excluding hydrogens is 475 g/mol. The zero-order valence-electron chi connectivity index (χ0n) is 18.5. The van der Waals surface area contributed by atoms with Crippen molar-refractivity contribution >= 4 is 40.7 Å². The van der Waals surface area contributed by atoms with Crippen molar-refractivity contribution in [3.05, 3.63) is 64.5 Å². The molecular formula is C25H24Cl2N4O3. The molecule has 0 spiro atoms. The summed E-state index contributed by atoms with van der Waals surface area (Å²) in [5.74, 6) is 1.22. The minimum atomic E-state index is -0.319. The summed E-state index contributed by atoms with van der Waals surface area (Å²) in [5.41, 5.74) is 1.60. The Morgan fingerprint density at radius 3 is 2.56 bits per heavy atom. The molecule has 0 saturated carbocycles. The molecule has 2 saturated heterocycles. The normalized spacial score (nSPS) is 19.1. The van der Waals surface area contributed by atoms with E-state index in [0.29, 0.717) is 53.7 Å². The van der Waals surface area contributed by atoms with Gasteiger partial charge >= 0.3 is 0 Å². The molecule has 5 rings (SSSR count). The summed E-state index contributed by atoms with van der Waals surface area (Å²) >= 11 is 12.0. The zero-order valence-corrected chi connectivity index (χ0v) is 20.0. The van der Waals surface area contributed by atoms with Crippen molar-refractivity contribution in [2.45, 2.75) is 25.7 Å². The monoisotopic (exact) mass is 498 g/mol. The molecule has 34 heavy (non-hydrogen) atoms. The first kappa shape index (κ1) is 22.9. The van der Waals surface area contributed by atoms with Crippen LogP contribution < -0.4 is 4.90 Å². The van der Waals surface area contributed by atoms with Crippen LogP contribution in [0.15, 0.2) is 53.1 Å². The number of amides is 2. The predicted octanol–water partition coefficient (Wildman–Crippen LogP) is 4.88. The molecule has 0 N–H and O–H groups in total. The maximum atomic E-state index is 13.1. The fraction of sp³-hybridized carbons (Fsp3) is 0.360. The summed E-state index contributed by atoms with van der Waals surface area (Å²) < 4.78 is 5.45. The van der Waals surface area contributed by atoms with Gasteiger partial charge in [-0.15, -0.1) is 0 Å². The minimum absolute atomic E-state index is 0.0385. The van der Waals surface area contributed by atoms with Crippen LogP contribution in [0.25, 0.3) is 11.4 Å². The Morgan fingerprint density at radius 1 is 1.06 bits per heavy atom. The number of nitrogens with zero attached hydrogens (tertiary/aromatic N) is 4. The molecule has 1 aromatic heterocycles. The number of hydrogen-bond donors (Lipinski definition) is 0. The number of halogens is 2. The fourth-order valence-corrected chi connectivity index (χ4v) is 4.99. The third-order valence-electron chi connectivity index (χ3n) is 6.55. The zero-order chi connectivity index (χ0) is 23.7. The second-order valence-electron chi connectivity index (χ2n) is 8.88. The lowest BCUT2D eigenvalue weighted by molar-refractivity contribution is -0.137. The van der Waals surface area contributed by atoms with Crippen molar-refractivity contribution in [1.29, 1.82) is 0 Å². The highest BCUT2D eigenvalue weighted by atomic mass is 35.5. The van der Waals surface area contributed by atoms with Crippen LogP contribution >= 0.6 is 23.2 Å². The average Bonchev–Trinajstić information content (AvgIpc) is 3.46. The van der Waals surface area contributed by atoms with Gasteiger partial charge in [-0.05, 0) is 61.2 Å². The third-order valence-corrected chi connectivity index (χ3v) is 7.04. The number of aromatic nitrogens is 2. The van der Waals surface area contributed by atoms with Gasteiger partial charge in [-0.1, -0.05) is 34.4 Å². The van der Waals surface area contributed by atoms with Crippen LogP contribution in [0.3, 0.4) is 0 Å². The van der Waals surface area contributed by atoms with Crippen molar-refractivity contribution in [3.63, 3.8) is 0 Å². The Bertz CT molecular complexity index is 1190. The number of hydrogen-bond acceptors (Lipinski definition) is 5. The van der Waals surface area contributed by atoms with Gasteiger partial charge in [0.1, 0.15) is 0 Å². The molecule has 1 atom stereocenters. The number of carbonyl (C=O) groups excluding carboxylic acids is 2. The predicted molar refractivity (Wildman–Crippen MR) is 130 cm³/mol. The van der Waals surface area contributed by atoms with Crippen LogP contribution in [0.4, 0.5) is 5.69 Å².